The summed E-state index contributed by atoms with van der Waals surface area (Å²) >= 11 is 3.49. The SMILES string of the molecule is CC(=O)N1N=C2C3CC[NH+](CC3)[C@H]2[C@@H]1c1ccc(Br)cc1. The van der Waals surface area contributed by atoms with Crippen molar-refractivity contribution in [3.8, 4) is 0 Å². The number of rotatable bonds is 1. The zero-order chi connectivity index (χ0) is 14.6. The van der Waals surface area contributed by atoms with E-state index in [9.17, 15) is 4.79 Å². The Bertz CT molecular complexity index is 604. The van der Waals surface area contributed by atoms with Gasteiger partial charge in [0.15, 0.2) is 6.04 Å². The van der Waals surface area contributed by atoms with E-state index >= 15 is 0 Å². The predicted octanol–water partition coefficient (Wildman–Crippen LogP) is 1.39. The monoisotopic (exact) mass is 348 g/mol. The molecule has 0 saturated carbocycles. The highest BCUT2D eigenvalue weighted by Crippen LogP contribution is 2.36. The van der Waals surface area contributed by atoms with Gasteiger partial charge in [0, 0.05) is 30.2 Å². The van der Waals surface area contributed by atoms with Crippen LogP contribution in [0.2, 0.25) is 0 Å². The van der Waals surface area contributed by atoms with Crippen molar-refractivity contribution in [2.45, 2.75) is 31.8 Å². The second-order valence-corrected chi connectivity index (χ2v) is 7.21. The van der Waals surface area contributed by atoms with Crippen LogP contribution in [0.4, 0.5) is 0 Å². The predicted molar refractivity (Wildman–Crippen MR) is 84.0 cm³/mol. The smallest absolute Gasteiger partial charge is 0.240 e. The van der Waals surface area contributed by atoms with Crippen LogP contribution in [0.15, 0.2) is 33.8 Å². The van der Waals surface area contributed by atoms with E-state index in [0.29, 0.717) is 12.0 Å². The molecule has 3 fully saturated rings. The van der Waals surface area contributed by atoms with E-state index in [1.807, 2.05) is 0 Å². The van der Waals surface area contributed by atoms with Crippen molar-refractivity contribution in [3.05, 3.63) is 34.3 Å². The lowest BCUT2D eigenvalue weighted by Crippen LogP contribution is -3.20. The topological polar surface area (TPSA) is 37.1 Å². The molecule has 3 saturated heterocycles. The maximum absolute atomic E-state index is 12.1. The normalized spacial score (nSPS) is 33.8. The number of halogens is 1. The molecule has 4 nitrogen and oxygen atoms in total. The molecule has 2 atom stereocenters. The molecule has 5 heteroatoms. The molecule has 4 aliphatic heterocycles. The summed E-state index contributed by atoms with van der Waals surface area (Å²) in [7, 11) is 0. The molecule has 1 aromatic carbocycles. The first kappa shape index (κ1) is 13.5. The van der Waals surface area contributed by atoms with Crippen molar-refractivity contribution in [3.63, 3.8) is 0 Å². The van der Waals surface area contributed by atoms with E-state index in [2.05, 4.69) is 40.2 Å². The Labute approximate surface area is 132 Å². The van der Waals surface area contributed by atoms with Gasteiger partial charge in [0.2, 0.25) is 5.91 Å². The number of benzene rings is 1. The lowest BCUT2D eigenvalue weighted by atomic mass is 9.78. The molecule has 0 unspecified atom stereocenters. The summed E-state index contributed by atoms with van der Waals surface area (Å²) in [6.45, 7) is 4.06. The quantitative estimate of drug-likeness (QED) is 0.817. The van der Waals surface area contributed by atoms with Crippen molar-refractivity contribution >= 4 is 27.5 Å². The second kappa shape index (κ2) is 4.92. The van der Waals surface area contributed by atoms with Crippen molar-refractivity contribution < 1.29 is 9.69 Å². The van der Waals surface area contributed by atoms with E-state index in [1.165, 1.54) is 37.2 Å². The number of hydrazone groups is 1. The fourth-order valence-corrected chi connectivity index (χ4v) is 4.44. The summed E-state index contributed by atoms with van der Waals surface area (Å²) in [6, 6.07) is 8.78. The van der Waals surface area contributed by atoms with Crippen LogP contribution in [-0.4, -0.2) is 35.8 Å². The molecule has 21 heavy (non-hydrogen) atoms. The van der Waals surface area contributed by atoms with Gasteiger partial charge in [-0.05, 0) is 17.7 Å². The number of piperidine rings is 3. The Morgan fingerprint density at radius 3 is 2.57 bits per heavy atom. The van der Waals surface area contributed by atoms with Crippen molar-refractivity contribution in [2.75, 3.05) is 13.1 Å². The Hall–Kier alpha value is -1.20. The number of nitrogens with one attached hydrogen (secondary N) is 1. The molecule has 4 aliphatic rings. The molecule has 0 spiro atoms. The minimum Gasteiger partial charge on any atom is -0.326 e. The van der Waals surface area contributed by atoms with Gasteiger partial charge in [0.05, 0.1) is 13.1 Å². The fraction of sp³-hybridized carbons (Fsp3) is 0.500. The van der Waals surface area contributed by atoms with Gasteiger partial charge in [-0.3, -0.25) is 4.79 Å². The fourth-order valence-electron chi connectivity index (χ4n) is 4.17. The number of carbonyl (C=O) groups excluding carboxylic acids is 1. The average molecular weight is 349 g/mol. The Balaban J connectivity index is 1.77. The molecule has 0 aliphatic carbocycles. The molecule has 4 heterocycles. The zero-order valence-electron chi connectivity index (χ0n) is 12.1. The number of hydrogen-bond acceptors (Lipinski definition) is 2. The van der Waals surface area contributed by atoms with Gasteiger partial charge >= 0.3 is 0 Å². The van der Waals surface area contributed by atoms with Crippen LogP contribution < -0.4 is 4.90 Å². The maximum Gasteiger partial charge on any atom is 0.240 e. The van der Waals surface area contributed by atoms with Crippen LogP contribution in [0, 0.1) is 5.92 Å². The van der Waals surface area contributed by atoms with Crippen molar-refractivity contribution in [1.82, 2.24) is 5.01 Å². The van der Waals surface area contributed by atoms with Gasteiger partial charge in [-0.2, -0.15) is 5.10 Å². The van der Waals surface area contributed by atoms with Crippen LogP contribution >= 0.6 is 15.9 Å². The highest BCUT2D eigenvalue weighted by molar-refractivity contribution is 9.10. The minimum absolute atomic E-state index is 0.0461. The number of quaternary nitrogens is 1. The molecule has 5 rings (SSSR count). The van der Waals surface area contributed by atoms with Crippen molar-refractivity contribution in [1.29, 1.82) is 0 Å². The number of hydrogen-bond donors (Lipinski definition) is 1. The maximum atomic E-state index is 12.1. The third-order valence-electron chi connectivity index (χ3n) is 5.14. The van der Waals surface area contributed by atoms with Gasteiger partial charge in [-0.1, -0.05) is 28.1 Å². The Kier molecular flexibility index (Phi) is 3.15. The number of fused-ring (bicyclic) bond motifs is 2. The van der Waals surface area contributed by atoms with E-state index in [-0.39, 0.29) is 11.9 Å². The standard InChI is InChI=1S/C16H18BrN3O/c1-10(21)20-15(12-2-4-13(17)5-3-12)16-14(18-20)11-6-8-19(16)9-7-11/h2-5,11,15-16H,6-9H2,1H3/p+1/t15-,16+/m0/s1. The summed E-state index contributed by atoms with van der Waals surface area (Å²) in [6.07, 6.45) is 2.45. The van der Waals surface area contributed by atoms with Crippen molar-refractivity contribution in [2.24, 2.45) is 11.0 Å². The van der Waals surface area contributed by atoms with Crippen LogP contribution in [0.5, 0.6) is 0 Å². The summed E-state index contributed by atoms with van der Waals surface area (Å²) in [5.41, 5.74) is 2.46. The van der Waals surface area contributed by atoms with Gasteiger partial charge < -0.3 is 4.90 Å². The first-order valence-corrected chi connectivity index (χ1v) is 8.42. The van der Waals surface area contributed by atoms with Crippen LogP contribution in [-0.2, 0) is 4.79 Å². The highest BCUT2D eigenvalue weighted by atomic mass is 79.9. The molecule has 110 valence electrons. The summed E-state index contributed by atoms with van der Waals surface area (Å²) in [5.74, 6) is 0.639. The van der Waals surface area contributed by atoms with Gasteiger partial charge in [0.25, 0.3) is 0 Å². The number of nitrogens with zero attached hydrogens (tertiary/aromatic N) is 2. The summed E-state index contributed by atoms with van der Waals surface area (Å²) in [5, 5.41) is 6.47. The zero-order valence-corrected chi connectivity index (χ0v) is 13.6. The molecule has 0 radical (unpaired) electrons. The lowest BCUT2D eigenvalue weighted by Gasteiger charge is -2.42. The molecular weight excluding hydrogens is 330 g/mol. The van der Waals surface area contributed by atoms with Crippen LogP contribution in [0.25, 0.3) is 0 Å². The largest absolute Gasteiger partial charge is 0.326 e. The summed E-state index contributed by atoms with van der Waals surface area (Å²) < 4.78 is 1.07. The first-order valence-electron chi connectivity index (χ1n) is 7.63. The van der Waals surface area contributed by atoms with Crippen LogP contribution in [0.1, 0.15) is 31.4 Å². The van der Waals surface area contributed by atoms with E-state index in [0.717, 1.165) is 4.47 Å². The second-order valence-electron chi connectivity index (χ2n) is 6.30. The molecule has 0 aromatic heterocycles. The Morgan fingerprint density at radius 1 is 1.29 bits per heavy atom. The first-order chi connectivity index (χ1) is 10.1. The van der Waals surface area contributed by atoms with E-state index in [4.69, 9.17) is 5.10 Å². The highest BCUT2D eigenvalue weighted by Gasteiger charge is 2.53. The summed E-state index contributed by atoms with van der Waals surface area (Å²) in [4.78, 5) is 13.7. The third-order valence-corrected chi connectivity index (χ3v) is 5.67. The molecule has 2 bridgehead atoms. The van der Waals surface area contributed by atoms with Gasteiger partial charge in [-0.15, -0.1) is 0 Å². The molecular formula is C16H19BrN3O+. The minimum atomic E-state index is 0.0461. The molecule has 1 amide bonds. The Morgan fingerprint density at radius 2 is 1.95 bits per heavy atom. The number of amides is 1. The molecule has 1 N–H and O–H groups in total. The average Bonchev–Trinajstić information content (AvgIpc) is 2.92. The lowest BCUT2D eigenvalue weighted by molar-refractivity contribution is -0.927. The van der Waals surface area contributed by atoms with Gasteiger partial charge in [0.1, 0.15) is 11.8 Å². The van der Waals surface area contributed by atoms with E-state index < -0.39 is 0 Å². The van der Waals surface area contributed by atoms with Gasteiger partial charge in [-0.25, -0.2) is 5.01 Å². The number of carbonyl (C=O) groups is 1. The third kappa shape index (κ3) is 2.06. The molecule has 1 aromatic rings. The van der Waals surface area contributed by atoms with Crippen LogP contribution in [0.3, 0.4) is 0 Å². The van der Waals surface area contributed by atoms with E-state index in [1.54, 1.807) is 16.8 Å².